The molecular weight excluding hydrogens is 495 g/mol. The van der Waals surface area contributed by atoms with Crippen molar-refractivity contribution in [1.29, 1.82) is 0 Å². The van der Waals surface area contributed by atoms with Gasteiger partial charge < -0.3 is 25.4 Å². The van der Waals surface area contributed by atoms with E-state index in [4.69, 9.17) is 9.47 Å². The Balaban J connectivity index is 0.00000450. The lowest BCUT2D eigenvalue weighted by atomic mass is 10.2. The van der Waals surface area contributed by atoms with Crippen LogP contribution in [0, 0.1) is 5.92 Å². The van der Waals surface area contributed by atoms with E-state index >= 15 is 0 Å². The van der Waals surface area contributed by atoms with Crippen LogP contribution in [0.5, 0.6) is 5.75 Å². The largest absolute Gasteiger partial charge is 0.491 e. The van der Waals surface area contributed by atoms with Crippen molar-refractivity contribution in [2.24, 2.45) is 10.9 Å². The molecule has 1 aromatic carbocycles. The molecule has 7 nitrogen and oxygen atoms in total. The van der Waals surface area contributed by atoms with Gasteiger partial charge in [-0.05, 0) is 63.3 Å². The molecule has 0 bridgehead atoms. The number of carbonyl (C=O) groups is 1. The van der Waals surface area contributed by atoms with Gasteiger partial charge in [0.25, 0.3) is 0 Å². The standard InChI is InChI=1S/C22H36N4O3.HI/c1-16(2)15-28-13-5-12-23-22(24-14-21(27)25-18-6-7-18)26-19-8-10-20(11-9-19)29-17(3)4;/h8-11,16-18H,5-7,12-15H2,1-4H3,(H,25,27)(H2,23,24,26);1H. The minimum Gasteiger partial charge on any atom is -0.491 e. The number of carbonyl (C=O) groups excluding carboxylic acids is 1. The van der Waals surface area contributed by atoms with Crippen LogP contribution >= 0.6 is 24.0 Å². The minimum atomic E-state index is -0.0467. The number of ether oxygens (including phenoxy) is 2. The molecule has 3 N–H and O–H groups in total. The number of nitrogens with one attached hydrogen (secondary N) is 3. The highest BCUT2D eigenvalue weighted by Crippen LogP contribution is 2.18. The van der Waals surface area contributed by atoms with E-state index in [1.807, 2.05) is 38.1 Å². The molecule has 0 unspecified atom stereocenters. The smallest absolute Gasteiger partial charge is 0.242 e. The second kappa shape index (κ2) is 14.5. The number of anilines is 1. The summed E-state index contributed by atoms with van der Waals surface area (Å²) in [6.07, 6.45) is 3.14. The van der Waals surface area contributed by atoms with Gasteiger partial charge in [0.15, 0.2) is 5.96 Å². The molecule has 170 valence electrons. The molecule has 2 rings (SSSR count). The van der Waals surface area contributed by atoms with Crippen LogP contribution in [0.3, 0.4) is 0 Å². The monoisotopic (exact) mass is 532 g/mol. The number of hydrogen-bond acceptors (Lipinski definition) is 4. The number of guanidine groups is 1. The van der Waals surface area contributed by atoms with Crippen LogP contribution in [-0.2, 0) is 9.53 Å². The lowest BCUT2D eigenvalue weighted by Crippen LogP contribution is -2.34. The molecule has 0 heterocycles. The maximum atomic E-state index is 12.0. The van der Waals surface area contributed by atoms with Gasteiger partial charge in [0.1, 0.15) is 12.3 Å². The number of hydrogen-bond donors (Lipinski definition) is 3. The molecule has 0 spiro atoms. The normalized spacial score (nSPS) is 13.7. The second-order valence-electron chi connectivity index (χ2n) is 8.07. The van der Waals surface area contributed by atoms with Gasteiger partial charge in [0.05, 0.1) is 6.10 Å². The average molecular weight is 532 g/mol. The van der Waals surface area contributed by atoms with Gasteiger partial charge in [0.2, 0.25) is 5.91 Å². The zero-order valence-corrected chi connectivity index (χ0v) is 20.9. The first-order valence-corrected chi connectivity index (χ1v) is 10.6. The summed E-state index contributed by atoms with van der Waals surface area (Å²) in [4.78, 5) is 16.4. The molecule has 1 amide bonds. The fourth-order valence-electron chi connectivity index (χ4n) is 2.52. The van der Waals surface area contributed by atoms with Gasteiger partial charge in [0, 0.05) is 31.5 Å². The topological polar surface area (TPSA) is 84.0 Å². The number of aliphatic imine (C=N–C) groups is 1. The number of benzene rings is 1. The Morgan fingerprint density at radius 1 is 1.17 bits per heavy atom. The van der Waals surface area contributed by atoms with Crippen molar-refractivity contribution in [3.63, 3.8) is 0 Å². The Hall–Kier alpha value is -1.55. The average Bonchev–Trinajstić information content (AvgIpc) is 3.47. The minimum absolute atomic E-state index is 0. The molecule has 1 aliphatic carbocycles. The van der Waals surface area contributed by atoms with Gasteiger partial charge >= 0.3 is 0 Å². The molecule has 0 aromatic heterocycles. The highest BCUT2D eigenvalue weighted by atomic mass is 127. The van der Waals surface area contributed by atoms with Crippen molar-refractivity contribution in [2.75, 3.05) is 31.6 Å². The first kappa shape index (κ1) is 26.5. The Bertz CT molecular complexity index is 646. The van der Waals surface area contributed by atoms with Gasteiger partial charge in [-0.15, -0.1) is 24.0 Å². The second-order valence-corrected chi connectivity index (χ2v) is 8.07. The summed E-state index contributed by atoms with van der Waals surface area (Å²) in [5.41, 5.74) is 0.881. The summed E-state index contributed by atoms with van der Waals surface area (Å²) < 4.78 is 11.3. The molecule has 0 aliphatic heterocycles. The molecule has 1 saturated carbocycles. The van der Waals surface area contributed by atoms with Crippen molar-refractivity contribution in [3.8, 4) is 5.75 Å². The Morgan fingerprint density at radius 3 is 2.47 bits per heavy atom. The highest BCUT2D eigenvalue weighted by Gasteiger charge is 2.22. The Labute approximate surface area is 197 Å². The van der Waals surface area contributed by atoms with E-state index in [1.165, 1.54) is 0 Å². The van der Waals surface area contributed by atoms with Crippen LogP contribution in [0.15, 0.2) is 29.3 Å². The highest BCUT2D eigenvalue weighted by molar-refractivity contribution is 14.0. The zero-order chi connectivity index (χ0) is 21.1. The summed E-state index contributed by atoms with van der Waals surface area (Å²) in [5, 5.41) is 9.49. The van der Waals surface area contributed by atoms with Gasteiger partial charge in [-0.2, -0.15) is 0 Å². The van der Waals surface area contributed by atoms with Crippen LogP contribution in [0.25, 0.3) is 0 Å². The summed E-state index contributed by atoms with van der Waals surface area (Å²) in [7, 11) is 0. The van der Waals surface area contributed by atoms with E-state index in [0.717, 1.165) is 37.3 Å². The van der Waals surface area contributed by atoms with Crippen LogP contribution in [-0.4, -0.2) is 50.3 Å². The lowest BCUT2D eigenvalue weighted by Gasteiger charge is -2.14. The maximum Gasteiger partial charge on any atom is 0.242 e. The molecule has 1 fully saturated rings. The molecular formula is C22H37IN4O3. The predicted molar refractivity (Wildman–Crippen MR) is 133 cm³/mol. The molecule has 0 saturated heterocycles. The Morgan fingerprint density at radius 2 is 1.87 bits per heavy atom. The molecule has 8 heteroatoms. The van der Waals surface area contributed by atoms with Crippen molar-refractivity contribution >= 4 is 41.5 Å². The number of nitrogens with zero attached hydrogens (tertiary/aromatic N) is 1. The first-order valence-electron chi connectivity index (χ1n) is 10.6. The molecule has 1 aliphatic rings. The van der Waals surface area contributed by atoms with Crippen LogP contribution in [0.4, 0.5) is 5.69 Å². The van der Waals surface area contributed by atoms with Crippen molar-refractivity contribution in [1.82, 2.24) is 10.6 Å². The Kier molecular flexibility index (Phi) is 12.8. The molecule has 0 atom stereocenters. The van der Waals surface area contributed by atoms with E-state index in [1.54, 1.807) is 0 Å². The maximum absolute atomic E-state index is 12.0. The van der Waals surface area contributed by atoms with E-state index in [2.05, 4.69) is 34.8 Å². The van der Waals surface area contributed by atoms with Gasteiger partial charge in [-0.1, -0.05) is 13.8 Å². The van der Waals surface area contributed by atoms with E-state index in [-0.39, 0.29) is 42.5 Å². The van der Waals surface area contributed by atoms with Crippen molar-refractivity contribution < 1.29 is 14.3 Å². The third kappa shape index (κ3) is 12.2. The summed E-state index contributed by atoms with van der Waals surface area (Å²) in [6, 6.07) is 8.04. The van der Waals surface area contributed by atoms with Crippen LogP contribution in [0.1, 0.15) is 47.0 Å². The van der Waals surface area contributed by atoms with Crippen LogP contribution in [0.2, 0.25) is 0 Å². The first-order chi connectivity index (χ1) is 13.9. The quantitative estimate of drug-likeness (QED) is 0.165. The summed E-state index contributed by atoms with van der Waals surface area (Å²) in [6.45, 7) is 10.5. The van der Waals surface area contributed by atoms with Crippen LogP contribution < -0.4 is 20.7 Å². The predicted octanol–water partition coefficient (Wildman–Crippen LogP) is 3.79. The fourth-order valence-corrected chi connectivity index (χ4v) is 2.52. The molecule has 0 radical (unpaired) electrons. The van der Waals surface area contributed by atoms with E-state index in [0.29, 0.717) is 31.1 Å². The number of rotatable bonds is 12. The van der Waals surface area contributed by atoms with Crippen molar-refractivity contribution in [2.45, 2.75) is 59.1 Å². The third-order valence-corrected chi connectivity index (χ3v) is 4.02. The lowest BCUT2D eigenvalue weighted by molar-refractivity contribution is -0.119. The number of amides is 1. The van der Waals surface area contributed by atoms with Crippen molar-refractivity contribution in [3.05, 3.63) is 24.3 Å². The molecule has 30 heavy (non-hydrogen) atoms. The van der Waals surface area contributed by atoms with E-state index in [9.17, 15) is 4.79 Å². The molecule has 1 aromatic rings. The summed E-state index contributed by atoms with van der Waals surface area (Å²) >= 11 is 0. The van der Waals surface area contributed by atoms with Gasteiger partial charge in [-0.3, -0.25) is 4.79 Å². The van der Waals surface area contributed by atoms with E-state index < -0.39 is 0 Å². The third-order valence-electron chi connectivity index (χ3n) is 4.02. The summed E-state index contributed by atoms with van der Waals surface area (Å²) in [5.74, 6) is 1.89. The zero-order valence-electron chi connectivity index (χ0n) is 18.6. The van der Waals surface area contributed by atoms with Gasteiger partial charge in [-0.25, -0.2) is 4.99 Å². The SMILES string of the molecule is CC(C)COCCCNC(=NCC(=O)NC1CC1)Nc1ccc(OC(C)C)cc1.I. The fraction of sp³-hybridized carbons (Fsp3) is 0.636. The number of halogens is 1.